The second kappa shape index (κ2) is 13.4. The lowest BCUT2D eigenvalue weighted by molar-refractivity contribution is 0.210. The Morgan fingerprint density at radius 2 is 1.64 bits per heavy atom. The van der Waals surface area contributed by atoms with Gasteiger partial charge in [-0.15, -0.1) is 0 Å². The van der Waals surface area contributed by atoms with Gasteiger partial charge in [0.05, 0.1) is 0 Å². The molecule has 1 saturated carbocycles. The van der Waals surface area contributed by atoms with E-state index in [9.17, 15) is 4.79 Å². The van der Waals surface area contributed by atoms with Crippen LogP contribution in [0.25, 0.3) is 0 Å². The maximum Gasteiger partial charge on any atom is 0.317 e. The second-order valence-electron chi connectivity index (χ2n) is 7.47. The Morgan fingerprint density at radius 3 is 2.18 bits per heavy atom. The maximum absolute atomic E-state index is 11.4. The summed E-state index contributed by atoms with van der Waals surface area (Å²) in [6.45, 7) is 6.73. The molecule has 8 nitrogen and oxygen atoms in total. The third-order valence-electron chi connectivity index (χ3n) is 4.20. The first-order chi connectivity index (χ1) is 13.3. The van der Waals surface area contributed by atoms with Gasteiger partial charge in [-0.05, 0) is 45.2 Å². The Balaban J connectivity index is 0.000000280. The van der Waals surface area contributed by atoms with E-state index < -0.39 is 0 Å². The first kappa shape index (κ1) is 24.2. The molecule has 1 aliphatic rings. The van der Waals surface area contributed by atoms with Gasteiger partial charge in [-0.25, -0.2) is 4.79 Å². The highest BCUT2D eigenvalue weighted by atomic mass is 35.5. The smallest absolute Gasteiger partial charge is 0.317 e. The van der Waals surface area contributed by atoms with Crippen molar-refractivity contribution in [1.82, 2.24) is 25.2 Å². The van der Waals surface area contributed by atoms with Gasteiger partial charge in [0.25, 0.3) is 0 Å². The largest absolute Gasteiger partial charge is 0.354 e. The molecule has 1 fully saturated rings. The van der Waals surface area contributed by atoms with Crippen LogP contribution in [0.15, 0.2) is 0 Å². The summed E-state index contributed by atoms with van der Waals surface area (Å²) < 4.78 is 0. The van der Waals surface area contributed by atoms with Gasteiger partial charge >= 0.3 is 6.03 Å². The highest BCUT2D eigenvalue weighted by Crippen LogP contribution is 2.17. The fourth-order valence-electron chi connectivity index (χ4n) is 2.81. The fourth-order valence-corrected chi connectivity index (χ4v) is 2.97. The van der Waals surface area contributed by atoms with Gasteiger partial charge in [-0.3, -0.25) is 0 Å². The molecule has 0 atom stereocenters. The molecule has 0 aromatic carbocycles. The number of urea groups is 1. The van der Waals surface area contributed by atoms with Crippen LogP contribution in [0.2, 0.25) is 5.28 Å². The lowest BCUT2D eigenvalue weighted by Gasteiger charge is -2.23. The third-order valence-corrected chi connectivity index (χ3v) is 4.37. The van der Waals surface area contributed by atoms with Gasteiger partial charge in [0.1, 0.15) is 0 Å². The van der Waals surface area contributed by atoms with Crippen LogP contribution in [0.1, 0.15) is 65.7 Å². The van der Waals surface area contributed by atoms with Crippen molar-refractivity contribution in [2.45, 2.75) is 77.8 Å². The van der Waals surface area contributed by atoms with E-state index in [0.717, 1.165) is 19.4 Å². The van der Waals surface area contributed by atoms with Crippen molar-refractivity contribution in [2.75, 3.05) is 31.3 Å². The molecule has 2 amide bonds. The number of nitrogens with one attached hydrogen (secondary N) is 3. The molecule has 28 heavy (non-hydrogen) atoms. The number of aromatic nitrogens is 3. The maximum atomic E-state index is 11.4. The molecule has 0 bridgehead atoms. The minimum absolute atomic E-state index is 0.0515. The fraction of sp³-hybridized carbons (Fsp3) is 0.789. The van der Waals surface area contributed by atoms with Crippen LogP contribution in [0.4, 0.5) is 16.7 Å². The molecule has 1 aliphatic carbocycles. The SMILES string of the molecule is CCNc1nc(Cl)nc(NC(C)C)n1.CN(C)C(=O)NC1CCCCCCC1. The molecule has 0 aliphatic heterocycles. The predicted octanol–water partition coefficient (Wildman–Crippen LogP) is 4.15. The zero-order valence-corrected chi connectivity index (χ0v) is 18.6. The molecule has 1 heterocycles. The Morgan fingerprint density at radius 1 is 1.07 bits per heavy atom. The zero-order valence-electron chi connectivity index (χ0n) is 17.9. The molecule has 1 aromatic rings. The number of hydrogen-bond acceptors (Lipinski definition) is 6. The van der Waals surface area contributed by atoms with Crippen LogP contribution >= 0.6 is 11.6 Å². The minimum Gasteiger partial charge on any atom is -0.354 e. The average molecular weight is 414 g/mol. The number of carbonyl (C=O) groups is 1. The van der Waals surface area contributed by atoms with Gasteiger partial charge < -0.3 is 20.9 Å². The summed E-state index contributed by atoms with van der Waals surface area (Å²) in [5.74, 6) is 0.992. The summed E-state index contributed by atoms with van der Waals surface area (Å²) in [5, 5.41) is 9.30. The van der Waals surface area contributed by atoms with Gasteiger partial charge in [0, 0.05) is 32.7 Å². The van der Waals surface area contributed by atoms with Gasteiger partial charge in [0.15, 0.2) is 0 Å². The van der Waals surface area contributed by atoms with Crippen molar-refractivity contribution in [3.8, 4) is 0 Å². The number of amides is 2. The molecule has 0 radical (unpaired) electrons. The van der Waals surface area contributed by atoms with Crippen LogP contribution in [-0.2, 0) is 0 Å². The molecule has 0 spiro atoms. The van der Waals surface area contributed by atoms with Gasteiger partial charge in [-0.2, -0.15) is 15.0 Å². The number of nitrogens with zero attached hydrogens (tertiary/aromatic N) is 4. The van der Waals surface area contributed by atoms with Crippen LogP contribution in [0.3, 0.4) is 0 Å². The zero-order chi connectivity index (χ0) is 20.9. The quantitative estimate of drug-likeness (QED) is 0.671. The highest BCUT2D eigenvalue weighted by Gasteiger charge is 2.14. The molecule has 9 heteroatoms. The Kier molecular flexibility index (Phi) is 11.6. The van der Waals surface area contributed by atoms with E-state index in [2.05, 4.69) is 30.9 Å². The Labute approximate surface area is 174 Å². The lowest BCUT2D eigenvalue weighted by atomic mass is 9.97. The van der Waals surface area contributed by atoms with Crippen molar-refractivity contribution < 1.29 is 4.79 Å². The van der Waals surface area contributed by atoms with E-state index in [4.69, 9.17) is 11.6 Å². The summed E-state index contributed by atoms with van der Waals surface area (Å²) in [6.07, 6.45) is 8.85. The normalized spacial score (nSPS) is 15.0. The molecule has 160 valence electrons. The van der Waals surface area contributed by atoms with E-state index in [1.165, 1.54) is 32.1 Å². The Bertz CT molecular complexity index is 575. The molecule has 0 unspecified atom stereocenters. The first-order valence-electron chi connectivity index (χ1n) is 10.2. The number of hydrogen-bond donors (Lipinski definition) is 3. The minimum atomic E-state index is 0.0515. The van der Waals surface area contributed by atoms with Crippen LogP contribution in [-0.4, -0.2) is 58.6 Å². The molecule has 1 aromatic heterocycles. The van der Waals surface area contributed by atoms with E-state index >= 15 is 0 Å². The number of anilines is 2. The number of carbonyl (C=O) groups excluding carboxylic acids is 1. The first-order valence-corrected chi connectivity index (χ1v) is 10.6. The van der Waals surface area contributed by atoms with E-state index in [-0.39, 0.29) is 17.4 Å². The van der Waals surface area contributed by atoms with Crippen molar-refractivity contribution in [3.05, 3.63) is 5.28 Å². The molecule has 3 N–H and O–H groups in total. The number of rotatable bonds is 5. The monoisotopic (exact) mass is 413 g/mol. The summed E-state index contributed by atoms with van der Waals surface area (Å²) in [5.41, 5.74) is 0. The number of halogens is 1. The predicted molar refractivity (Wildman–Crippen MR) is 116 cm³/mol. The van der Waals surface area contributed by atoms with Crippen LogP contribution < -0.4 is 16.0 Å². The summed E-state index contributed by atoms with van der Waals surface area (Å²) >= 11 is 5.73. The van der Waals surface area contributed by atoms with E-state index in [1.807, 2.05) is 20.8 Å². The third kappa shape index (κ3) is 10.5. The van der Waals surface area contributed by atoms with Crippen molar-refractivity contribution in [3.63, 3.8) is 0 Å². The standard InChI is InChI=1S/C11H22N2O.C8H14ClN5/c1-13(2)11(14)12-10-8-6-4-3-5-7-9-10;1-4-10-7-12-6(9)13-8(14-7)11-5(2)3/h10H,3-9H2,1-2H3,(H,12,14);5H,4H2,1-3H3,(H2,10,11,12,13,14). The second-order valence-corrected chi connectivity index (χ2v) is 7.81. The average Bonchev–Trinajstić information content (AvgIpc) is 2.56. The van der Waals surface area contributed by atoms with Gasteiger partial charge in [0.2, 0.25) is 17.2 Å². The van der Waals surface area contributed by atoms with Crippen LogP contribution in [0.5, 0.6) is 0 Å². The highest BCUT2D eigenvalue weighted by molar-refractivity contribution is 6.28. The van der Waals surface area contributed by atoms with E-state index in [0.29, 0.717) is 17.9 Å². The molecular formula is C19H36ClN7O. The van der Waals surface area contributed by atoms with Crippen molar-refractivity contribution in [2.24, 2.45) is 0 Å². The van der Waals surface area contributed by atoms with Gasteiger partial charge in [-0.1, -0.05) is 32.1 Å². The molecular weight excluding hydrogens is 378 g/mol. The topological polar surface area (TPSA) is 95.1 Å². The molecule has 2 rings (SSSR count). The van der Waals surface area contributed by atoms with E-state index in [1.54, 1.807) is 19.0 Å². The van der Waals surface area contributed by atoms with Crippen LogP contribution in [0, 0.1) is 0 Å². The Hall–Kier alpha value is -1.83. The van der Waals surface area contributed by atoms with Crippen molar-refractivity contribution >= 4 is 29.5 Å². The summed E-state index contributed by atoms with van der Waals surface area (Å²) in [6, 6.07) is 0.726. The summed E-state index contributed by atoms with van der Waals surface area (Å²) in [7, 11) is 3.58. The lowest BCUT2D eigenvalue weighted by Crippen LogP contribution is -2.41. The molecule has 0 saturated heterocycles. The summed E-state index contributed by atoms with van der Waals surface area (Å²) in [4.78, 5) is 25.0. The van der Waals surface area contributed by atoms with Crippen molar-refractivity contribution in [1.29, 1.82) is 0 Å².